The maximum atomic E-state index is 10.8. The molecule has 0 aliphatic heterocycles. The van der Waals surface area contributed by atoms with E-state index in [0.717, 1.165) is 0 Å². The van der Waals surface area contributed by atoms with Crippen LogP contribution in [0.5, 0.6) is 0 Å². The Balaban J connectivity index is 0.00000196. The summed E-state index contributed by atoms with van der Waals surface area (Å²) in [5.41, 5.74) is 4.79. The van der Waals surface area contributed by atoms with Gasteiger partial charge in [-0.15, -0.1) is 0 Å². The number of carbonyl (C=O) groups excluding carboxylic acids is 1. The van der Waals surface area contributed by atoms with Gasteiger partial charge < -0.3 is 5.73 Å². The molecular formula is C7H9N2NaO4S. The SMILES string of the molecule is NC(=O)N(c1ccccc1)S(=O)(=O)O.[NaH]. The van der Waals surface area contributed by atoms with Crippen LogP contribution in [0.25, 0.3) is 0 Å². The van der Waals surface area contributed by atoms with Crippen LogP contribution in [0.2, 0.25) is 0 Å². The molecule has 2 amide bonds. The zero-order valence-corrected chi connectivity index (χ0v) is 7.81. The normalized spacial score (nSPS) is 10.2. The Morgan fingerprint density at radius 3 is 2.07 bits per heavy atom. The first-order chi connectivity index (χ1) is 6.43. The Morgan fingerprint density at radius 1 is 1.27 bits per heavy atom. The first-order valence-electron chi connectivity index (χ1n) is 3.55. The Morgan fingerprint density at radius 2 is 1.73 bits per heavy atom. The van der Waals surface area contributed by atoms with Crippen molar-refractivity contribution in [3.05, 3.63) is 30.3 Å². The molecule has 6 nitrogen and oxygen atoms in total. The molecule has 0 heterocycles. The van der Waals surface area contributed by atoms with Crippen molar-refractivity contribution in [3.8, 4) is 0 Å². The van der Waals surface area contributed by atoms with Crippen molar-refractivity contribution in [2.24, 2.45) is 5.73 Å². The molecule has 15 heavy (non-hydrogen) atoms. The second kappa shape index (κ2) is 5.47. The number of hydrogen-bond acceptors (Lipinski definition) is 3. The van der Waals surface area contributed by atoms with E-state index in [1.54, 1.807) is 6.07 Å². The van der Waals surface area contributed by atoms with E-state index in [4.69, 9.17) is 10.3 Å². The number of anilines is 1. The summed E-state index contributed by atoms with van der Waals surface area (Å²) in [5, 5.41) is 0. The van der Waals surface area contributed by atoms with Gasteiger partial charge in [-0.2, -0.15) is 12.7 Å². The number of amides is 2. The molecule has 0 atom stereocenters. The van der Waals surface area contributed by atoms with Gasteiger partial charge in [-0.1, -0.05) is 18.2 Å². The molecule has 0 radical (unpaired) electrons. The second-order valence-corrected chi connectivity index (χ2v) is 3.68. The monoisotopic (exact) mass is 240 g/mol. The number of nitrogens with two attached hydrogens (primary N) is 1. The summed E-state index contributed by atoms with van der Waals surface area (Å²) < 4.78 is 30.3. The van der Waals surface area contributed by atoms with Crippen LogP contribution in [0.3, 0.4) is 0 Å². The average molecular weight is 240 g/mol. The van der Waals surface area contributed by atoms with E-state index >= 15 is 0 Å². The van der Waals surface area contributed by atoms with Gasteiger partial charge in [0.1, 0.15) is 0 Å². The van der Waals surface area contributed by atoms with Gasteiger partial charge >= 0.3 is 45.9 Å². The molecule has 1 aromatic rings. The minimum atomic E-state index is -4.66. The standard InChI is InChI=1S/C7H8N2O4S.Na.H/c8-7(10)9(14(11,12)13)6-4-2-1-3-5-6;;/h1-5H,(H2,8,10)(H,11,12,13);;. The Kier molecular flexibility index (Phi) is 5.26. The fourth-order valence-electron chi connectivity index (χ4n) is 0.938. The molecule has 0 saturated heterocycles. The number of urea groups is 1. The number of para-hydroxylation sites is 1. The van der Waals surface area contributed by atoms with Gasteiger partial charge in [0, 0.05) is 0 Å². The first kappa shape index (κ1) is 14.4. The van der Waals surface area contributed by atoms with Gasteiger partial charge in [-0.05, 0) is 12.1 Å². The van der Waals surface area contributed by atoms with Crippen molar-refractivity contribution in [2.75, 3.05) is 4.31 Å². The van der Waals surface area contributed by atoms with Crippen LogP contribution in [0, 0.1) is 0 Å². The summed E-state index contributed by atoms with van der Waals surface area (Å²) in [6, 6.07) is 6.05. The van der Waals surface area contributed by atoms with E-state index in [-0.39, 0.29) is 39.5 Å². The van der Waals surface area contributed by atoms with Crippen LogP contribution < -0.4 is 10.0 Å². The molecule has 0 unspecified atom stereocenters. The van der Waals surface area contributed by atoms with Gasteiger partial charge in [0.2, 0.25) is 0 Å². The van der Waals surface area contributed by atoms with Crippen LogP contribution >= 0.6 is 0 Å². The van der Waals surface area contributed by atoms with Crippen LogP contribution in [0.15, 0.2) is 30.3 Å². The predicted octanol–water partition coefficient (Wildman–Crippen LogP) is -0.274. The maximum absolute atomic E-state index is 10.8. The molecule has 8 heteroatoms. The topological polar surface area (TPSA) is 101 Å². The Hall–Kier alpha value is -0.600. The molecule has 1 aromatic carbocycles. The summed E-state index contributed by atoms with van der Waals surface area (Å²) >= 11 is 0. The fourth-order valence-corrected chi connectivity index (χ4v) is 1.55. The molecule has 0 aliphatic rings. The number of rotatable bonds is 2. The Labute approximate surface area is 109 Å². The van der Waals surface area contributed by atoms with E-state index in [1.807, 2.05) is 0 Å². The quantitative estimate of drug-likeness (QED) is 0.548. The van der Waals surface area contributed by atoms with E-state index in [1.165, 1.54) is 24.3 Å². The van der Waals surface area contributed by atoms with Crippen molar-refractivity contribution >= 4 is 51.6 Å². The number of benzene rings is 1. The molecule has 3 N–H and O–H groups in total. The third kappa shape index (κ3) is 3.80. The van der Waals surface area contributed by atoms with E-state index in [9.17, 15) is 13.2 Å². The number of nitrogens with zero attached hydrogens (tertiary/aromatic N) is 1. The van der Waals surface area contributed by atoms with Crippen LogP contribution in [0.1, 0.15) is 0 Å². The van der Waals surface area contributed by atoms with E-state index in [2.05, 4.69) is 0 Å². The van der Waals surface area contributed by atoms with Crippen molar-refractivity contribution in [3.63, 3.8) is 0 Å². The van der Waals surface area contributed by atoms with Crippen molar-refractivity contribution in [1.29, 1.82) is 0 Å². The van der Waals surface area contributed by atoms with Crippen molar-refractivity contribution < 1.29 is 17.8 Å². The van der Waals surface area contributed by atoms with Crippen molar-refractivity contribution in [1.82, 2.24) is 0 Å². The molecular weight excluding hydrogens is 231 g/mol. The zero-order chi connectivity index (χ0) is 10.8. The molecule has 1 rings (SSSR count). The molecule has 0 spiro atoms. The summed E-state index contributed by atoms with van der Waals surface area (Å²) in [6.45, 7) is 0. The van der Waals surface area contributed by atoms with Crippen LogP contribution in [0.4, 0.5) is 10.5 Å². The van der Waals surface area contributed by atoms with Gasteiger partial charge in [-0.25, -0.2) is 4.79 Å². The Bertz CT molecular complexity index is 434. The third-order valence-electron chi connectivity index (χ3n) is 1.42. The molecule has 0 bridgehead atoms. The molecule has 78 valence electrons. The second-order valence-electron chi connectivity index (χ2n) is 2.42. The molecule has 0 aromatic heterocycles. The van der Waals surface area contributed by atoms with Gasteiger partial charge in [0.15, 0.2) is 0 Å². The summed E-state index contributed by atoms with van der Waals surface area (Å²) in [6.07, 6.45) is 0. The molecule has 0 aliphatic carbocycles. The predicted molar refractivity (Wildman–Crippen MR) is 57.2 cm³/mol. The third-order valence-corrected chi connectivity index (χ3v) is 2.27. The van der Waals surface area contributed by atoms with E-state index < -0.39 is 16.3 Å². The van der Waals surface area contributed by atoms with Gasteiger partial charge in [0.05, 0.1) is 5.69 Å². The van der Waals surface area contributed by atoms with Crippen molar-refractivity contribution in [2.45, 2.75) is 0 Å². The van der Waals surface area contributed by atoms with E-state index in [0.29, 0.717) is 0 Å². The van der Waals surface area contributed by atoms with Crippen LogP contribution in [-0.2, 0) is 10.3 Å². The summed E-state index contributed by atoms with van der Waals surface area (Å²) in [7, 11) is -4.66. The summed E-state index contributed by atoms with van der Waals surface area (Å²) in [5.74, 6) is 0. The zero-order valence-electron chi connectivity index (χ0n) is 6.99. The van der Waals surface area contributed by atoms with Gasteiger partial charge in [-0.3, -0.25) is 4.55 Å². The molecule has 0 saturated carbocycles. The van der Waals surface area contributed by atoms with Gasteiger partial charge in [0.25, 0.3) is 0 Å². The number of primary amides is 1. The first-order valence-corrected chi connectivity index (χ1v) is 4.95. The summed E-state index contributed by atoms with van der Waals surface area (Å²) in [4.78, 5) is 10.8. The fraction of sp³-hybridized carbons (Fsp3) is 0. The number of hydrogen-bond donors (Lipinski definition) is 2. The minimum absolute atomic E-state index is 0. The van der Waals surface area contributed by atoms with Crippen LogP contribution in [-0.4, -0.2) is 48.6 Å². The average Bonchev–Trinajstić information content (AvgIpc) is 2.02. The molecule has 0 fully saturated rings. The number of carbonyl (C=O) groups is 1.